The number of piperidine rings is 1. The Morgan fingerprint density at radius 1 is 1.19 bits per heavy atom. The summed E-state index contributed by atoms with van der Waals surface area (Å²) in [6.45, 7) is 4.96. The molecule has 1 aliphatic heterocycles. The number of hydrogen-bond acceptors (Lipinski definition) is 4. The molecule has 0 bridgehead atoms. The Morgan fingerprint density at radius 3 is 2.50 bits per heavy atom. The number of nitro groups is 1. The van der Waals surface area contributed by atoms with Crippen LogP contribution in [0.4, 0.5) is 5.69 Å². The molecule has 1 amide bonds. The number of rotatable bonds is 5. The summed E-state index contributed by atoms with van der Waals surface area (Å²) in [7, 11) is 0. The van der Waals surface area contributed by atoms with Gasteiger partial charge >= 0.3 is 0 Å². The lowest BCUT2D eigenvalue weighted by Crippen LogP contribution is -2.46. The Morgan fingerprint density at radius 2 is 1.88 bits per heavy atom. The van der Waals surface area contributed by atoms with Crippen LogP contribution in [0.15, 0.2) is 18.2 Å². The van der Waals surface area contributed by atoms with E-state index in [4.69, 9.17) is 0 Å². The molecule has 0 unspecified atom stereocenters. The van der Waals surface area contributed by atoms with E-state index < -0.39 is 4.92 Å². The van der Waals surface area contributed by atoms with Crippen molar-refractivity contribution in [2.24, 2.45) is 5.92 Å². The molecule has 3 rings (SSSR count). The highest BCUT2D eigenvalue weighted by atomic mass is 16.6. The summed E-state index contributed by atoms with van der Waals surface area (Å²) in [4.78, 5) is 25.5. The fraction of sp³-hybridized carbons (Fsp3) is 0.650. The Balaban J connectivity index is 1.47. The number of amides is 1. The SMILES string of the molecule is Cc1cc(C(=O)NC2CCN(CC3CCCCC3)CC2)ccc1[N+](=O)[O-]. The van der Waals surface area contributed by atoms with Crippen molar-refractivity contribution in [2.75, 3.05) is 19.6 Å². The normalized spacial score (nSPS) is 20.0. The minimum absolute atomic E-state index is 0.0533. The topological polar surface area (TPSA) is 75.5 Å². The molecule has 6 heteroatoms. The number of nitrogens with one attached hydrogen (secondary N) is 1. The first-order valence-electron chi connectivity index (χ1n) is 9.81. The van der Waals surface area contributed by atoms with Crippen molar-refractivity contribution in [3.8, 4) is 0 Å². The number of nitrogens with zero attached hydrogens (tertiary/aromatic N) is 2. The number of aryl methyl sites for hydroxylation is 1. The molecule has 142 valence electrons. The maximum absolute atomic E-state index is 12.5. The third-order valence-electron chi connectivity index (χ3n) is 5.82. The minimum Gasteiger partial charge on any atom is -0.349 e. The molecular formula is C20H29N3O3. The van der Waals surface area contributed by atoms with Crippen molar-refractivity contribution >= 4 is 11.6 Å². The molecule has 1 aromatic rings. The van der Waals surface area contributed by atoms with E-state index in [0.29, 0.717) is 11.1 Å². The molecule has 6 nitrogen and oxygen atoms in total. The second-order valence-corrected chi connectivity index (χ2v) is 7.81. The zero-order valence-corrected chi connectivity index (χ0v) is 15.6. The number of hydrogen-bond donors (Lipinski definition) is 1. The lowest BCUT2D eigenvalue weighted by Gasteiger charge is -2.35. The minimum atomic E-state index is -0.418. The van der Waals surface area contributed by atoms with E-state index in [1.807, 2.05) is 0 Å². The van der Waals surface area contributed by atoms with Gasteiger partial charge in [-0.15, -0.1) is 0 Å². The Hall–Kier alpha value is -1.95. The molecule has 1 aliphatic carbocycles. The quantitative estimate of drug-likeness (QED) is 0.643. The highest BCUT2D eigenvalue weighted by Gasteiger charge is 2.24. The van der Waals surface area contributed by atoms with Gasteiger partial charge in [0.05, 0.1) is 4.92 Å². The second kappa shape index (κ2) is 8.62. The first-order valence-corrected chi connectivity index (χ1v) is 9.81. The smallest absolute Gasteiger partial charge is 0.272 e. The van der Waals surface area contributed by atoms with Crippen LogP contribution in [0.3, 0.4) is 0 Å². The molecule has 1 aromatic carbocycles. The van der Waals surface area contributed by atoms with Crippen molar-refractivity contribution in [3.05, 3.63) is 39.4 Å². The summed E-state index contributed by atoms with van der Waals surface area (Å²) in [5.74, 6) is 0.728. The Bertz CT molecular complexity index is 648. The van der Waals surface area contributed by atoms with Crippen LogP contribution in [0, 0.1) is 23.0 Å². The van der Waals surface area contributed by atoms with Crippen LogP contribution < -0.4 is 5.32 Å². The van der Waals surface area contributed by atoms with Gasteiger partial charge in [0.25, 0.3) is 11.6 Å². The summed E-state index contributed by atoms with van der Waals surface area (Å²) in [6, 6.07) is 4.75. The van der Waals surface area contributed by atoms with Crippen molar-refractivity contribution in [2.45, 2.75) is 57.9 Å². The maximum Gasteiger partial charge on any atom is 0.272 e. The van der Waals surface area contributed by atoms with E-state index in [0.717, 1.165) is 31.8 Å². The number of carbonyl (C=O) groups is 1. The van der Waals surface area contributed by atoms with Crippen molar-refractivity contribution in [1.29, 1.82) is 0 Å². The van der Waals surface area contributed by atoms with Crippen LogP contribution in [0.1, 0.15) is 60.9 Å². The van der Waals surface area contributed by atoms with Crippen molar-refractivity contribution in [1.82, 2.24) is 10.2 Å². The van der Waals surface area contributed by atoms with E-state index in [1.54, 1.807) is 19.1 Å². The van der Waals surface area contributed by atoms with E-state index >= 15 is 0 Å². The number of likely N-dealkylation sites (tertiary alicyclic amines) is 1. The Labute approximate surface area is 155 Å². The first kappa shape index (κ1) is 18.8. The molecule has 0 spiro atoms. The fourth-order valence-corrected chi connectivity index (χ4v) is 4.27. The largest absolute Gasteiger partial charge is 0.349 e. The average Bonchev–Trinajstić information content (AvgIpc) is 2.64. The summed E-state index contributed by atoms with van der Waals surface area (Å²) in [5, 5.41) is 14.0. The molecule has 1 saturated heterocycles. The molecule has 26 heavy (non-hydrogen) atoms. The number of benzene rings is 1. The molecule has 1 N–H and O–H groups in total. The molecule has 2 fully saturated rings. The molecule has 1 saturated carbocycles. The van der Waals surface area contributed by atoms with Gasteiger partial charge < -0.3 is 10.2 Å². The summed E-state index contributed by atoms with van der Waals surface area (Å²) >= 11 is 0. The summed E-state index contributed by atoms with van der Waals surface area (Å²) in [6.07, 6.45) is 8.85. The van der Waals surface area contributed by atoms with Crippen LogP contribution in [0.2, 0.25) is 0 Å². The molecule has 2 aliphatic rings. The second-order valence-electron chi connectivity index (χ2n) is 7.81. The summed E-state index contributed by atoms with van der Waals surface area (Å²) < 4.78 is 0. The third-order valence-corrected chi connectivity index (χ3v) is 5.82. The number of nitro benzene ring substituents is 1. The zero-order valence-electron chi connectivity index (χ0n) is 15.6. The molecule has 0 atom stereocenters. The lowest BCUT2D eigenvalue weighted by molar-refractivity contribution is -0.385. The predicted octanol–water partition coefficient (Wildman–Crippen LogP) is 3.68. The highest BCUT2D eigenvalue weighted by molar-refractivity contribution is 5.94. The monoisotopic (exact) mass is 359 g/mol. The van der Waals surface area contributed by atoms with Crippen molar-refractivity contribution in [3.63, 3.8) is 0 Å². The summed E-state index contributed by atoms with van der Waals surface area (Å²) in [5.41, 5.74) is 1.07. The molecule has 0 aromatic heterocycles. The van der Waals surface area contributed by atoms with Crippen LogP contribution in [-0.4, -0.2) is 41.4 Å². The van der Waals surface area contributed by atoms with E-state index in [-0.39, 0.29) is 17.6 Å². The molecular weight excluding hydrogens is 330 g/mol. The van der Waals surface area contributed by atoms with Crippen LogP contribution in [0.25, 0.3) is 0 Å². The van der Waals surface area contributed by atoms with Crippen LogP contribution >= 0.6 is 0 Å². The van der Waals surface area contributed by atoms with Gasteiger partial charge in [-0.05, 0) is 50.7 Å². The van der Waals surface area contributed by atoms with Gasteiger partial charge in [0, 0.05) is 42.9 Å². The van der Waals surface area contributed by atoms with Gasteiger partial charge in [0.2, 0.25) is 0 Å². The standard InChI is InChI=1S/C20H29N3O3/c1-15-13-17(7-8-19(15)23(25)26)20(24)21-18-9-11-22(12-10-18)14-16-5-3-2-4-6-16/h7-8,13,16,18H,2-6,9-12,14H2,1H3,(H,21,24). The van der Waals surface area contributed by atoms with Gasteiger partial charge in [-0.1, -0.05) is 19.3 Å². The molecule has 1 heterocycles. The third kappa shape index (κ3) is 4.81. The average molecular weight is 359 g/mol. The predicted molar refractivity (Wildman–Crippen MR) is 101 cm³/mol. The van der Waals surface area contributed by atoms with E-state index in [2.05, 4.69) is 10.2 Å². The van der Waals surface area contributed by atoms with E-state index in [1.165, 1.54) is 44.7 Å². The molecule has 0 radical (unpaired) electrons. The van der Waals surface area contributed by atoms with Crippen LogP contribution in [-0.2, 0) is 0 Å². The van der Waals surface area contributed by atoms with Gasteiger partial charge in [0.15, 0.2) is 0 Å². The lowest BCUT2D eigenvalue weighted by atomic mass is 9.88. The van der Waals surface area contributed by atoms with Crippen molar-refractivity contribution < 1.29 is 9.72 Å². The zero-order chi connectivity index (χ0) is 18.5. The van der Waals surface area contributed by atoms with E-state index in [9.17, 15) is 14.9 Å². The highest BCUT2D eigenvalue weighted by Crippen LogP contribution is 2.25. The first-order chi connectivity index (χ1) is 12.5. The van der Waals surface area contributed by atoms with Gasteiger partial charge in [-0.2, -0.15) is 0 Å². The fourth-order valence-electron chi connectivity index (χ4n) is 4.27. The number of carbonyl (C=O) groups excluding carboxylic acids is 1. The van der Waals surface area contributed by atoms with Gasteiger partial charge in [-0.25, -0.2) is 0 Å². The Kier molecular flexibility index (Phi) is 6.25. The maximum atomic E-state index is 12.5. The van der Waals surface area contributed by atoms with Crippen LogP contribution in [0.5, 0.6) is 0 Å². The van der Waals surface area contributed by atoms with Gasteiger partial charge in [0.1, 0.15) is 0 Å². The van der Waals surface area contributed by atoms with Gasteiger partial charge in [-0.3, -0.25) is 14.9 Å².